The van der Waals surface area contributed by atoms with Crippen LogP contribution in [-0.4, -0.2) is 28.5 Å². The lowest BCUT2D eigenvalue weighted by atomic mass is 10.2. The van der Waals surface area contributed by atoms with Crippen LogP contribution in [0.5, 0.6) is 5.75 Å². The summed E-state index contributed by atoms with van der Waals surface area (Å²) in [5.41, 5.74) is 1.98. The van der Waals surface area contributed by atoms with Gasteiger partial charge in [-0.1, -0.05) is 18.2 Å². The number of hydrogen-bond acceptors (Lipinski definition) is 5. The Kier molecular flexibility index (Phi) is 3.92. The Morgan fingerprint density at radius 1 is 1.35 bits per heavy atom. The van der Waals surface area contributed by atoms with E-state index in [0.29, 0.717) is 6.54 Å². The molecule has 0 fully saturated rings. The number of amides is 1. The number of hydrogen-bond donors (Lipinski definition) is 0. The van der Waals surface area contributed by atoms with Gasteiger partial charge in [-0.15, -0.1) is 0 Å². The standard InChI is InChI=1S/C16H15N3O4/c1-11(23-14-7-4-9-17-15(14)19(21)22)16(20)18-10-8-12-5-2-3-6-13(12)18/h2-7,9,11H,8,10H2,1H3/t11-/m1/s1. The van der Waals surface area contributed by atoms with Crippen LogP contribution in [0.1, 0.15) is 12.5 Å². The quantitative estimate of drug-likeness (QED) is 0.639. The highest BCUT2D eigenvalue weighted by atomic mass is 16.6. The largest absolute Gasteiger partial charge is 0.473 e. The number of nitro groups is 1. The molecule has 1 aromatic carbocycles. The number of para-hydroxylation sites is 1. The maximum absolute atomic E-state index is 12.6. The van der Waals surface area contributed by atoms with Crippen molar-refractivity contribution in [3.05, 3.63) is 58.3 Å². The van der Waals surface area contributed by atoms with Crippen LogP contribution in [0.4, 0.5) is 11.5 Å². The number of benzene rings is 1. The van der Waals surface area contributed by atoms with Gasteiger partial charge in [0.25, 0.3) is 5.91 Å². The average molecular weight is 313 g/mol. The zero-order chi connectivity index (χ0) is 16.4. The van der Waals surface area contributed by atoms with Gasteiger partial charge in [-0.2, -0.15) is 0 Å². The van der Waals surface area contributed by atoms with Gasteiger partial charge in [-0.05, 0) is 47.0 Å². The van der Waals surface area contributed by atoms with Gasteiger partial charge in [0.15, 0.2) is 6.10 Å². The lowest BCUT2D eigenvalue weighted by Gasteiger charge is -2.22. The zero-order valence-electron chi connectivity index (χ0n) is 12.5. The second-order valence-electron chi connectivity index (χ2n) is 5.21. The third kappa shape index (κ3) is 2.85. The zero-order valence-corrected chi connectivity index (χ0v) is 12.5. The SMILES string of the molecule is C[C@@H](Oc1cccnc1[N+](=O)[O-])C(=O)N1CCc2ccccc21. The molecule has 0 radical (unpaired) electrons. The summed E-state index contributed by atoms with van der Waals surface area (Å²) in [4.78, 5) is 28.3. The van der Waals surface area contributed by atoms with Crippen LogP contribution < -0.4 is 9.64 Å². The molecule has 23 heavy (non-hydrogen) atoms. The fraction of sp³-hybridized carbons (Fsp3) is 0.250. The summed E-state index contributed by atoms with van der Waals surface area (Å²) in [5.74, 6) is -0.632. The number of carbonyl (C=O) groups is 1. The second kappa shape index (κ2) is 6.04. The number of aromatic nitrogens is 1. The van der Waals surface area contributed by atoms with Gasteiger partial charge in [0, 0.05) is 12.2 Å². The Morgan fingerprint density at radius 2 is 2.13 bits per heavy atom. The molecule has 1 aliphatic heterocycles. The normalized spacial score (nSPS) is 14.2. The molecule has 0 N–H and O–H groups in total. The van der Waals surface area contributed by atoms with Crippen molar-refractivity contribution in [2.24, 2.45) is 0 Å². The molecule has 2 heterocycles. The summed E-state index contributed by atoms with van der Waals surface area (Å²) in [7, 11) is 0. The van der Waals surface area contributed by atoms with E-state index in [2.05, 4.69) is 4.98 Å². The number of nitrogens with zero attached hydrogens (tertiary/aromatic N) is 3. The molecule has 0 spiro atoms. The third-order valence-corrected chi connectivity index (χ3v) is 3.73. The molecule has 0 unspecified atom stereocenters. The highest BCUT2D eigenvalue weighted by molar-refractivity contribution is 5.98. The van der Waals surface area contributed by atoms with Crippen LogP contribution in [0.25, 0.3) is 0 Å². The summed E-state index contributed by atoms with van der Waals surface area (Å²) in [6.07, 6.45) is 1.26. The molecule has 3 rings (SSSR count). The molecule has 7 nitrogen and oxygen atoms in total. The Bertz CT molecular complexity index is 762. The van der Waals surface area contributed by atoms with Crippen LogP contribution >= 0.6 is 0 Å². The van der Waals surface area contributed by atoms with Crippen molar-refractivity contribution in [1.82, 2.24) is 4.98 Å². The maximum atomic E-state index is 12.6. The van der Waals surface area contributed by atoms with E-state index in [1.165, 1.54) is 18.3 Å². The van der Waals surface area contributed by atoms with Crippen molar-refractivity contribution < 1.29 is 14.5 Å². The summed E-state index contributed by atoms with van der Waals surface area (Å²) in [6.45, 7) is 2.17. The molecule has 1 amide bonds. The van der Waals surface area contributed by atoms with Crippen LogP contribution in [-0.2, 0) is 11.2 Å². The van der Waals surface area contributed by atoms with Gasteiger partial charge in [-0.25, -0.2) is 0 Å². The number of rotatable bonds is 4. The predicted molar refractivity (Wildman–Crippen MR) is 83.5 cm³/mol. The van der Waals surface area contributed by atoms with Crippen LogP contribution in [0.15, 0.2) is 42.6 Å². The molecule has 7 heteroatoms. The summed E-state index contributed by atoms with van der Waals surface area (Å²) in [5, 5.41) is 11.0. The number of fused-ring (bicyclic) bond motifs is 1. The number of anilines is 1. The van der Waals surface area contributed by atoms with E-state index < -0.39 is 16.8 Å². The minimum Gasteiger partial charge on any atom is -0.473 e. The lowest BCUT2D eigenvalue weighted by molar-refractivity contribution is -0.390. The van der Waals surface area contributed by atoms with Gasteiger partial charge >= 0.3 is 5.82 Å². The summed E-state index contributed by atoms with van der Waals surface area (Å²) >= 11 is 0. The van der Waals surface area contributed by atoms with Crippen molar-refractivity contribution in [3.63, 3.8) is 0 Å². The number of pyridine rings is 1. The van der Waals surface area contributed by atoms with Crippen molar-refractivity contribution >= 4 is 17.4 Å². The minimum atomic E-state index is -0.843. The monoisotopic (exact) mass is 313 g/mol. The van der Waals surface area contributed by atoms with Crippen molar-refractivity contribution in [3.8, 4) is 5.75 Å². The van der Waals surface area contributed by atoms with E-state index in [1.54, 1.807) is 11.8 Å². The van der Waals surface area contributed by atoms with E-state index in [0.717, 1.165) is 17.7 Å². The topological polar surface area (TPSA) is 85.6 Å². The first-order valence-corrected chi connectivity index (χ1v) is 7.23. The molecule has 0 saturated heterocycles. The van der Waals surface area contributed by atoms with Gasteiger partial charge < -0.3 is 19.8 Å². The number of carbonyl (C=O) groups excluding carboxylic acids is 1. The van der Waals surface area contributed by atoms with Crippen LogP contribution in [0, 0.1) is 10.1 Å². The molecule has 2 aromatic rings. The Hall–Kier alpha value is -2.96. The average Bonchev–Trinajstić information content (AvgIpc) is 2.98. The lowest BCUT2D eigenvalue weighted by Crippen LogP contribution is -2.39. The molecular formula is C16H15N3O4. The number of ether oxygens (including phenoxy) is 1. The smallest absolute Gasteiger partial charge is 0.406 e. The van der Waals surface area contributed by atoms with E-state index in [4.69, 9.17) is 4.74 Å². The van der Waals surface area contributed by atoms with Gasteiger partial charge in [-0.3, -0.25) is 4.79 Å². The second-order valence-corrected chi connectivity index (χ2v) is 5.21. The van der Waals surface area contributed by atoms with E-state index >= 15 is 0 Å². The van der Waals surface area contributed by atoms with Crippen molar-refractivity contribution in [1.29, 1.82) is 0 Å². The fourth-order valence-electron chi connectivity index (χ4n) is 2.64. The van der Waals surface area contributed by atoms with Crippen LogP contribution in [0.2, 0.25) is 0 Å². The Balaban J connectivity index is 1.78. The van der Waals surface area contributed by atoms with E-state index in [-0.39, 0.29) is 11.7 Å². The first kappa shape index (κ1) is 15.0. The first-order valence-electron chi connectivity index (χ1n) is 7.23. The Morgan fingerprint density at radius 3 is 2.91 bits per heavy atom. The summed E-state index contributed by atoms with van der Waals surface area (Å²) in [6, 6.07) is 10.7. The third-order valence-electron chi connectivity index (χ3n) is 3.73. The fourth-order valence-corrected chi connectivity index (χ4v) is 2.64. The van der Waals surface area contributed by atoms with E-state index in [1.807, 2.05) is 24.3 Å². The molecule has 1 atom stereocenters. The van der Waals surface area contributed by atoms with Gasteiger partial charge in [0.1, 0.15) is 6.20 Å². The summed E-state index contributed by atoms with van der Waals surface area (Å²) < 4.78 is 5.50. The molecule has 1 aliphatic rings. The van der Waals surface area contributed by atoms with Crippen molar-refractivity contribution in [2.45, 2.75) is 19.4 Å². The van der Waals surface area contributed by atoms with E-state index in [9.17, 15) is 14.9 Å². The molecule has 0 bridgehead atoms. The highest BCUT2D eigenvalue weighted by Gasteiger charge is 2.30. The molecule has 0 saturated carbocycles. The highest BCUT2D eigenvalue weighted by Crippen LogP contribution is 2.29. The molecular weight excluding hydrogens is 298 g/mol. The molecule has 118 valence electrons. The predicted octanol–water partition coefficient (Wildman–Crippen LogP) is 2.35. The van der Waals surface area contributed by atoms with Gasteiger partial charge in [0.05, 0.1) is 0 Å². The van der Waals surface area contributed by atoms with Crippen molar-refractivity contribution in [2.75, 3.05) is 11.4 Å². The van der Waals surface area contributed by atoms with Crippen LogP contribution in [0.3, 0.4) is 0 Å². The van der Waals surface area contributed by atoms with Gasteiger partial charge in [0.2, 0.25) is 5.75 Å². The Labute approximate surface area is 132 Å². The first-order chi connectivity index (χ1) is 11.1. The molecule has 0 aliphatic carbocycles. The molecule has 1 aromatic heterocycles. The maximum Gasteiger partial charge on any atom is 0.406 e. The minimum absolute atomic E-state index is 0.00849.